The van der Waals surface area contributed by atoms with E-state index in [-0.39, 0.29) is 5.91 Å². The Morgan fingerprint density at radius 3 is 3.20 bits per heavy atom. The van der Waals surface area contributed by atoms with Crippen LogP contribution in [-0.4, -0.2) is 10.9 Å². The second-order valence-corrected chi connectivity index (χ2v) is 5.22. The normalized spacial score (nSPS) is 19.7. The third-order valence-electron chi connectivity index (χ3n) is 2.75. The number of nitrogens with zero attached hydrogens (tertiary/aromatic N) is 1. The number of anilines is 1. The van der Waals surface area contributed by atoms with Gasteiger partial charge in [0.2, 0.25) is 5.91 Å². The van der Waals surface area contributed by atoms with Gasteiger partial charge < -0.3 is 5.32 Å². The summed E-state index contributed by atoms with van der Waals surface area (Å²) in [6.45, 7) is 4.12. The number of amides is 1. The molecule has 0 fully saturated rings. The van der Waals surface area contributed by atoms with E-state index in [1.165, 1.54) is 17.0 Å². The van der Waals surface area contributed by atoms with Crippen molar-refractivity contribution in [2.45, 2.75) is 39.5 Å². The fourth-order valence-electron chi connectivity index (χ4n) is 1.80. The van der Waals surface area contributed by atoms with E-state index in [4.69, 9.17) is 0 Å². The molecular formula is C11H16N2OS. The molecule has 2 rings (SSSR count). The maximum absolute atomic E-state index is 11.2. The molecule has 0 saturated carbocycles. The predicted octanol–water partition coefficient (Wildman–Crippen LogP) is 2.62. The van der Waals surface area contributed by atoms with E-state index in [9.17, 15) is 4.79 Å². The number of fused-ring (bicyclic) bond motifs is 1. The molecule has 1 aromatic heterocycles. The highest BCUT2D eigenvalue weighted by Gasteiger charge is 2.19. The number of hydrogen-bond donors (Lipinski definition) is 1. The molecule has 82 valence electrons. The summed E-state index contributed by atoms with van der Waals surface area (Å²) in [5.41, 5.74) is 1.20. The smallest absolute Gasteiger partial charge is 0.225 e. The van der Waals surface area contributed by atoms with Crippen molar-refractivity contribution in [1.82, 2.24) is 4.98 Å². The quantitative estimate of drug-likeness (QED) is 0.839. The lowest BCUT2D eigenvalue weighted by Gasteiger charge is -2.15. The van der Waals surface area contributed by atoms with E-state index in [1.54, 1.807) is 11.3 Å². The van der Waals surface area contributed by atoms with Gasteiger partial charge in [-0.1, -0.05) is 13.8 Å². The van der Waals surface area contributed by atoms with Crippen LogP contribution >= 0.6 is 11.3 Å². The minimum Gasteiger partial charge on any atom is -0.302 e. The topological polar surface area (TPSA) is 42.0 Å². The van der Waals surface area contributed by atoms with Gasteiger partial charge in [-0.05, 0) is 25.2 Å². The van der Waals surface area contributed by atoms with Crippen molar-refractivity contribution in [1.29, 1.82) is 0 Å². The molecule has 0 bridgehead atoms. The first-order valence-electron chi connectivity index (χ1n) is 5.47. The van der Waals surface area contributed by atoms with Crippen LogP contribution in [0, 0.1) is 5.92 Å². The van der Waals surface area contributed by atoms with Gasteiger partial charge in [0.15, 0.2) is 5.13 Å². The van der Waals surface area contributed by atoms with Crippen molar-refractivity contribution in [3.05, 3.63) is 10.6 Å². The van der Waals surface area contributed by atoms with Crippen molar-refractivity contribution < 1.29 is 4.79 Å². The molecule has 4 heteroatoms. The lowest BCUT2D eigenvalue weighted by molar-refractivity contribution is -0.115. The Bertz CT molecular complexity index is 373. The predicted molar refractivity (Wildman–Crippen MR) is 62.2 cm³/mol. The number of hydrogen-bond acceptors (Lipinski definition) is 3. The van der Waals surface area contributed by atoms with Gasteiger partial charge in [-0.3, -0.25) is 4.79 Å². The fraction of sp³-hybridized carbons (Fsp3) is 0.636. The van der Waals surface area contributed by atoms with Gasteiger partial charge in [0.25, 0.3) is 0 Å². The van der Waals surface area contributed by atoms with Crippen LogP contribution in [0.5, 0.6) is 0 Å². The maximum Gasteiger partial charge on any atom is 0.225 e. The molecule has 1 aliphatic carbocycles. The second-order valence-electron chi connectivity index (χ2n) is 4.14. The van der Waals surface area contributed by atoms with Gasteiger partial charge >= 0.3 is 0 Å². The Morgan fingerprint density at radius 2 is 2.47 bits per heavy atom. The molecule has 3 nitrogen and oxygen atoms in total. The van der Waals surface area contributed by atoms with Crippen LogP contribution in [0.25, 0.3) is 0 Å². The average molecular weight is 224 g/mol. The molecule has 1 amide bonds. The highest BCUT2D eigenvalue weighted by Crippen LogP contribution is 2.31. The van der Waals surface area contributed by atoms with Crippen LogP contribution in [0.4, 0.5) is 5.13 Å². The molecule has 1 heterocycles. The van der Waals surface area contributed by atoms with E-state index in [0.29, 0.717) is 6.42 Å². The first-order chi connectivity index (χ1) is 7.19. The van der Waals surface area contributed by atoms with Crippen LogP contribution in [0.1, 0.15) is 37.3 Å². The molecule has 15 heavy (non-hydrogen) atoms. The summed E-state index contributed by atoms with van der Waals surface area (Å²) in [7, 11) is 0. The number of thiazole rings is 1. The third kappa shape index (κ3) is 2.37. The lowest BCUT2D eigenvalue weighted by atomic mass is 9.93. The molecule has 1 atom stereocenters. The zero-order valence-corrected chi connectivity index (χ0v) is 9.99. The number of carbonyl (C=O) groups is 1. The van der Waals surface area contributed by atoms with Gasteiger partial charge in [-0.25, -0.2) is 4.98 Å². The Labute approximate surface area is 93.9 Å². The second kappa shape index (κ2) is 4.31. The molecule has 0 saturated heterocycles. The van der Waals surface area contributed by atoms with Crippen LogP contribution in [0.15, 0.2) is 0 Å². The van der Waals surface area contributed by atoms with Crippen LogP contribution in [0.2, 0.25) is 0 Å². The zero-order chi connectivity index (χ0) is 10.8. The van der Waals surface area contributed by atoms with E-state index in [2.05, 4.69) is 17.2 Å². The summed E-state index contributed by atoms with van der Waals surface area (Å²) < 4.78 is 0. The van der Waals surface area contributed by atoms with Crippen molar-refractivity contribution in [3.63, 3.8) is 0 Å². The summed E-state index contributed by atoms with van der Waals surface area (Å²) in [4.78, 5) is 17.0. The van der Waals surface area contributed by atoms with Crippen molar-refractivity contribution in [2.24, 2.45) is 5.92 Å². The standard InChI is InChI=1S/C11H16N2OS/c1-3-10(14)13-11-12-8-5-4-7(2)6-9(8)15-11/h7H,3-6H2,1-2H3,(H,12,13,14)/t7-/m0/s1. The lowest BCUT2D eigenvalue weighted by Crippen LogP contribution is -2.10. The van der Waals surface area contributed by atoms with Gasteiger partial charge in [-0.2, -0.15) is 0 Å². The molecular weight excluding hydrogens is 208 g/mol. The largest absolute Gasteiger partial charge is 0.302 e. The van der Waals surface area contributed by atoms with Gasteiger partial charge in [0, 0.05) is 11.3 Å². The van der Waals surface area contributed by atoms with Crippen LogP contribution < -0.4 is 5.32 Å². The third-order valence-corrected chi connectivity index (χ3v) is 3.79. The van der Waals surface area contributed by atoms with E-state index >= 15 is 0 Å². The average Bonchev–Trinajstić information content (AvgIpc) is 2.59. The number of carbonyl (C=O) groups excluding carboxylic acids is 1. The summed E-state index contributed by atoms with van der Waals surface area (Å²) in [6, 6.07) is 0. The Morgan fingerprint density at radius 1 is 1.67 bits per heavy atom. The molecule has 1 aliphatic rings. The van der Waals surface area contributed by atoms with Crippen molar-refractivity contribution in [2.75, 3.05) is 5.32 Å². The molecule has 0 spiro atoms. The van der Waals surface area contributed by atoms with Crippen LogP contribution in [-0.2, 0) is 17.6 Å². The SMILES string of the molecule is CCC(=O)Nc1nc2c(s1)C[C@@H](C)CC2. The minimum absolute atomic E-state index is 0.0501. The molecule has 1 aromatic rings. The van der Waals surface area contributed by atoms with E-state index in [0.717, 1.165) is 23.9 Å². The summed E-state index contributed by atoms with van der Waals surface area (Å²) in [5.74, 6) is 0.807. The summed E-state index contributed by atoms with van der Waals surface area (Å²) in [5, 5.41) is 3.61. The first-order valence-corrected chi connectivity index (χ1v) is 6.29. The van der Waals surface area contributed by atoms with E-state index in [1.807, 2.05) is 6.92 Å². The monoisotopic (exact) mass is 224 g/mol. The highest BCUT2D eigenvalue weighted by atomic mass is 32.1. The Kier molecular flexibility index (Phi) is 3.05. The Hall–Kier alpha value is -0.900. The van der Waals surface area contributed by atoms with Gasteiger partial charge in [0.1, 0.15) is 0 Å². The number of nitrogens with one attached hydrogen (secondary N) is 1. The number of aryl methyl sites for hydroxylation is 1. The highest BCUT2D eigenvalue weighted by molar-refractivity contribution is 7.15. The van der Waals surface area contributed by atoms with E-state index < -0.39 is 0 Å². The van der Waals surface area contributed by atoms with Crippen molar-refractivity contribution >= 4 is 22.4 Å². The molecule has 1 N–H and O–H groups in total. The summed E-state index contributed by atoms with van der Waals surface area (Å²) >= 11 is 1.64. The van der Waals surface area contributed by atoms with Gasteiger partial charge in [0.05, 0.1) is 5.69 Å². The Balaban J connectivity index is 2.12. The molecule has 0 aromatic carbocycles. The first kappa shape index (κ1) is 10.6. The number of rotatable bonds is 2. The van der Waals surface area contributed by atoms with Crippen molar-refractivity contribution in [3.8, 4) is 0 Å². The maximum atomic E-state index is 11.2. The molecule has 0 aliphatic heterocycles. The fourth-order valence-corrected chi connectivity index (χ4v) is 2.99. The zero-order valence-electron chi connectivity index (χ0n) is 9.17. The van der Waals surface area contributed by atoms with Crippen LogP contribution in [0.3, 0.4) is 0 Å². The molecule has 0 unspecified atom stereocenters. The van der Waals surface area contributed by atoms with Gasteiger partial charge in [-0.15, -0.1) is 11.3 Å². The minimum atomic E-state index is 0.0501. The number of aromatic nitrogens is 1. The summed E-state index contributed by atoms with van der Waals surface area (Å²) in [6.07, 6.45) is 3.92. The molecule has 0 radical (unpaired) electrons.